The maximum atomic E-state index is 13.6. The van der Waals surface area contributed by atoms with Crippen LogP contribution in [0.15, 0.2) is 47.6 Å². The number of benzene rings is 2. The molecule has 1 amide bonds. The summed E-state index contributed by atoms with van der Waals surface area (Å²) in [6, 6.07) is 12.7. The number of amides is 1. The lowest BCUT2D eigenvalue weighted by Crippen LogP contribution is -2.51. The van der Waals surface area contributed by atoms with E-state index in [1.807, 2.05) is 54.1 Å². The minimum Gasteiger partial charge on any atom is -0.377 e. The summed E-state index contributed by atoms with van der Waals surface area (Å²) in [6.07, 6.45) is 2.33. The fourth-order valence-electron chi connectivity index (χ4n) is 4.51. The normalized spacial score (nSPS) is 21.2. The third kappa shape index (κ3) is 4.49. The van der Waals surface area contributed by atoms with E-state index in [0.717, 1.165) is 18.4 Å². The number of hydrazone groups is 1. The zero-order valence-electron chi connectivity index (χ0n) is 18.3. The van der Waals surface area contributed by atoms with Gasteiger partial charge in [-0.05, 0) is 62.6 Å². The highest BCUT2D eigenvalue weighted by atomic mass is 35.5. The Kier molecular flexibility index (Phi) is 6.73. The van der Waals surface area contributed by atoms with Crippen LogP contribution in [0.1, 0.15) is 44.7 Å². The third-order valence-corrected chi connectivity index (χ3v) is 7.20. The quantitative estimate of drug-likeness (QED) is 0.485. The lowest BCUT2D eigenvalue weighted by atomic mass is 9.95. The van der Waals surface area contributed by atoms with Crippen molar-refractivity contribution in [3.05, 3.63) is 63.1 Å². The van der Waals surface area contributed by atoms with Gasteiger partial charge in [0.25, 0.3) is 5.91 Å². The van der Waals surface area contributed by atoms with Crippen molar-refractivity contribution in [1.82, 2.24) is 4.90 Å². The van der Waals surface area contributed by atoms with Crippen molar-refractivity contribution in [2.75, 3.05) is 18.7 Å². The molecule has 2 aromatic rings. The summed E-state index contributed by atoms with van der Waals surface area (Å²) in [5, 5.41) is 8.27. The van der Waals surface area contributed by atoms with E-state index in [2.05, 4.69) is 0 Å². The first-order chi connectivity index (χ1) is 15.2. The molecule has 1 fully saturated rings. The number of hydrogen-bond donors (Lipinski definition) is 0. The van der Waals surface area contributed by atoms with Crippen molar-refractivity contribution >= 4 is 52.1 Å². The Morgan fingerprint density at radius 1 is 1.09 bits per heavy atom. The second-order valence-electron chi connectivity index (χ2n) is 8.72. The van der Waals surface area contributed by atoms with E-state index in [1.165, 1.54) is 0 Å². The molecule has 1 saturated heterocycles. The molecule has 32 heavy (non-hydrogen) atoms. The topological polar surface area (TPSA) is 45.1 Å². The van der Waals surface area contributed by atoms with Crippen LogP contribution in [0.25, 0.3) is 0 Å². The molecular formula is C24H26Cl3N3O2. The van der Waals surface area contributed by atoms with Gasteiger partial charge in [-0.15, -0.1) is 0 Å². The molecular weight excluding hydrogens is 469 g/mol. The SMILES string of the molecule is COC(C)(C)[C@@H]1CCCN1C(=O)C1=NN(c2ccc(Cl)cc2Cl)C(c2ccc(Cl)cc2)C1. The smallest absolute Gasteiger partial charge is 0.270 e. The van der Waals surface area contributed by atoms with E-state index in [0.29, 0.717) is 39.4 Å². The van der Waals surface area contributed by atoms with Crippen molar-refractivity contribution in [2.45, 2.75) is 50.8 Å². The predicted molar refractivity (Wildman–Crippen MR) is 131 cm³/mol. The van der Waals surface area contributed by atoms with Crippen LogP contribution in [0.5, 0.6) is 0 Å². The summed E-state index contributed by atoms with van der Waals surface area (Å²) in [5.41, 5.74) is 1.78. The monoisotopic (exact) mass is 493 g/mol. The fourth-order valence-corrected chi connectivity index (χ4v) is 5.13. The molecule has 4 rings (SSSR count). The van der Waals surface area contributed by atoms with Crippen molar-refractivity contribution < 1.29 is 9.53 Å². The van der Waals surface area contributed by atoms with Gasteiger partial charge in [0.05, 0.1) is 28.4 Å². The predicted octanol–water partition coefficient (Wildman–Crippen LogP) is 6.37. The summed E-state index contributed by atoms with van der Waals surface area (Å²) in [5.74, 6) is -0.0517. The van der Waals surface area contributed by atoms with Gasteiger partial charge in [-0.1, -0.05) is 46.9 Å². The number of rotatable bonds is 5. The standard InChI is InChI=1S/C24H26Cl3N3O2/c1-24(2,32-3)22-5-4-12-29(22)23(31)19-14-21(15-6-8-16(25)9-7-15)30(28-19)20-11-10-17(26)13-18(20)27/h6-11,13,21-22H,4-5,12,14H2,1-3H3/t21?,22-/m0/s1. The number of nitrogens with zero attached hydrogens (tertiary/aromatic N) is 3. The number of anilines is 1. The molecule has 0 bridgehead atoms. The van der Waals surface area contributed by atoms with Gasteiger partial charge in [0.2, 0.25) is 0 Å². The highest BCUT2D eigenvalue weighted by Gasteiger charge is 2.43. The molecule has 2 heterocycles. The summed E-state index contributed by atoms with van der Waals surface area (Å²) in [7, 11) is 1.69. The van der Waals surface area contributed by atoms with Gasteiger partial charge < -0.3 is 9.64 Å². The molecule has 8 heteroatoms. The van der Waals surface area contributed by atoms with E-state index in [-0.39, 0.29) is 18.0 Å². The van der Waals surface area contributed by atoms with Gasteiger partial charge in [0.15, 0.2) is 0 Å². The molecule has 2 aromatic carbocycles. The zero-order valence-corrected chi connectivity index (χ0v) is 20.6. The van der Waals surface area contributed by atoms with Crippen molar-refractivity contribution in [3.8, 4) is 0 Å². The van der Waals surface area contributed by atoms with Crippen LogP contribution >= 0.6 is 34.8 Å². The summed E-state index contributed by atoms with van der Waals surface area (Å²) in [4.78, 5) is 15.5. The molecule has 5 nitrogen and oxygen atoms in total. The first-order valence-corrected chi connectivity index (χ1v) is 11.8. The molecule has 170 valence electrons. The maximum absolute atomic E-state index is 13.6. The molecule has 2 aliphatic heterocycles. The fraction of sp³-hybridized carbons (Fsp3) is 0.417. The second kappa shape index (κ2) is 9.22. The van der Waals surface area contributed by atoms with E-state index in [9.17, 15) is 4.79 Å². The van der Waals surface area contributed by atoms with Crippen LogP contribution in [-0.4, -0.2) is 41.8 Å². The number of methoxy groups -OCH3 is 1. The second-order valence-corrected chi connectivity index (χ2v) is 10.0. The van der Waals surface area contributed by atoms with Crippen LogP contribution < -0.4 is 5.01 Å². The van der Waals surface area contributed by atoms with Gasteiger partial charge in [-0.2, -0.15) is 5.10 Å². The first-order valence-electron chi connectivity index (χ1n) is 10.6. The van der Waals surface area contributed by atoms with Crippen LogP contribution in [0.3, 0.4) is 0 Å². The lowest BCUT2D eigenvalue weighted by molar-refractivity contribution is -0.130. The Balaban J connectivity index is 1.69. The van der Waals surface area contributed by atoms with Crippen molar-refractivity contribution in [1.29, 1.82) is 0 Å². The molecule has 0 aliphatic carbocycles. The number of hydrogen-bond acceptors (Lipinski definition) is 4. The third-order valence-electron chi connectivity index (χ3n) is 6.41. The molecule has 0 N–H and O–H groups in total. The van der Waals surface area contributed by atoms with E-state index in [1.54, 1.807) is 19.2 Å². The molecule has 2 atom stereocenters. The number of likely N-dealkylation sites (tertiary alicyclic amines) is 1. The van der Waals surface area contributed by atoms with Crippen LogP contribution in [0, 0.1) is 0 Å². The summed E-state index contributed by atoms with van der Waals surface area (Å²) < 4.78 is 5.70. The minimum absolute atomic E-state index is 0.00449. The highest BCUT2D eigenvalue weighted by Crippen LogP contribution is 2.40. The molecule has 0 spiro atoms. The van der Waals surface area contributed by atoms with Crippen molar-refractivity contribution in [3.63, 3.8) is 0 Å². The Hall–Kier alpha value is -1.79. The molecule has 2 aliphatic rings. The highest BCUT2D eigenvalue weighted by molar-refractivity contribution is 6.40. The largest absolute Gasteiger partial charge is 0.377 e. The van der Waals surface area contributed by atoms with E-state index < -0.39 is 5.60 Å². The van der Waals surface area contributed by atoms with Gasteiger partial charge in [0.1, 0.15) is 5.71 Å². The Bertz CT molecular complexity index is 1040. The average Bonchev–Trinajstić information content (AvgIpc) is 3.42. The molecule has 0 aromatic heterocycles. The minimum atomic E-state index is -0.430. The van der Waals surface area contributed by atoms with E-state index >= 15 is 0 Å². The Morgan fingerprint density at radius 3 is 2.44 bits per heavy atom. The van der Waals surface area contributed by atoms with Crippen LogP contribution in [-0.2, 0) is 9.53 Å². The summed E-state index contributed by atoms with van der Waals surface area (Å²) >= 11 is 18.7. The number of carbonyl (C=O) groups excluding carboxylic acids is 1. The number of carbonyl (C=O) groups is 1. The van der Waals surface area contributed by atoms with Gasteiger partial charge in [0, 0.05) is 30.1 Å². The number of halogens is 3. The summed E-state index contributed by atoms with van der Waals surface area (Å²) in [6.45, 7) is 4.74. The molecule has 0 saturated carbocycles. The zero-order chi connectivity index (χ0) is 23.0. The van der Waals surface area contributed by atoms with Crippen LogP contribution in [0.2, 0.25) is 15.1 Å². The van der Waals surface area contributed by atoms with Gasteiger partial charge in [-0.25, -0.2) is 0 Å². The number of ether oxygens (including phenoxy) is 1. The molecule has 1 unspecified atom stereocenters. The maximum Gasteiger partial charge on any atom is 0.270 e. The molecule has 0 radical (unpaired) electrons. The Labute approximate surface area is 203 Å². The first kappa shape index (κ1) is 23.4. The van der Waals surface area contributed by atoms with Gasteiger partial charge in [-0.3, -0.25) is 9.80 Å². The lowest BCUT2D eigenvalue weighted by Gasteiger charge is -2.36. The van der Waals surface area contributed by atoms with Crippen LogP contribution in [0.4, 0.5) is 5.69 Å². The average molecular weight is 495 g/mol. The van der Waals surface area contributed by atoms with E-state index in [4.69, 9.17) is 44.6 Å². The Morgan fingerprint density at radius 2 is 1.78 bits per heavy atom. The van der Waals surface area contributed by atoms with Crippen molar-refractivity contribution in [2.24, 2.45) is 5.10 Å². The van der Waals surface area contributed by atoms with Gasteiger partial charge >= 0.3 is 0 Å².